The molecule has 0 unspecified atom stereocenters. The largest absolute Gasteiger partial charge is 0.274 e. The number of aromatic nitrogens is 4. The summed E-state index contributed by atoms with van der Waals surface area (Å²) in [6, 6.07) is 26.4. The first-order chi connectivity index (χ1) is 17.4. The zero-order valence-electron chi connectivity index (χ0n) is 18.8. The highest BCUT2D eigenvalue weighted by atomic mass is 15.1. The van der Waals surface area contributed by atoms with Crippen molar-refractivity contribution < 1.29 is 0 Å². The summed E-state index contributed by atoms with van der Waals surface area (Å²) in [6.07, 6.45) is 5.66. The molecule has 7 aromatic rings. The maximum atomic E-state index is 4.97. The Morgan fingerprint density at radius 3 is 2.43 bits per heavy atom. The molecule has 0 radical (unpaired) electrons. The summed E-state index contributed by atoms with van der Waals surface area (Å²) in [5.74, 6) is 0. The van der Waals surface area contributed by atoms with Crippen molar-refractivity contribution in [1.82, 2.24) is 19.4 Å². The van der Waals surface area contributed by atoms with Gasteiger partial charge in [0.2, 0.25) is 0 Å². The maximum absolute atomic E-state index is 4.97. The molecule has 4 heteroatoms. The van der Waals surface area contributed by atoms with Gasteiger partial charge in [-0.2, -0.15) is 0 Å². The van der Waals surface area contributed by atoms with Crippen LogP contribution >= 0.6 is 0 Å². The van der Waals surface area contributed by atoms with Crippen LogP contribution < -0.4 is 0 Å². The second kappa shape index (κ2) is 6.10. The molecule has 0 bridgehead atoms. The van der Waals surface area contributed by atoms with E-state index in [0.717, 1.165) is 46.1 Å². The summed E-state index contributed by atoms with van der Waals surface area (Å²) < 4.78 is 2.17. The number of hydrogen-bond acceptors (Lipinski definition) is 3. The molecule has 0 spiro atoms. The minimum Gasteiger partial charge on any atom is -0.274 e. The maximum Gasteiger partial charge on any atom is 0.178 e. The van der Waals surface area contributed by atoms with E-state index < -0.39 is 0 Å². The molecule has 3 aromatic carbocycles. The zero-order valence-corrected chi connectivity index (χ0v) is 18.8. The Hall–Kier alpha value is -4.57. The lowest BCUT2D eigenvalue weighted by Crippen LogP contribution is -1.95. The predicted octanol–water partition coefficient (Wildman–Crippen LogP) is 6.73. The lowest BCUT2D eigenvalue weighted by atomic mass is 9.93. The molecule has 2 aliphatic carbocycles. The Morgan fingerprint density at radius 1 is 0.600 bits per heavy atom. The number of pyridine rings is 3. The molecule has 0 saturated carbocycles. The molecular weight excluding hydrogens is 428 g/mol. The normalized spacial score (nSPS) is 13.5. The summed E-state index contributed by atoms with van der Waals surface area (Å²) in [5, 5.41) is 3.55. The van der Waals surface area contributed by atoms with Crippen LogP contribution in [-0.2, 0) is 12.8 Å². The van der Waals surface area contributed by atoms with Crippen LogP contribution in [0.2, 0.25) is 0 Å². The second-order valence-electron chi connectivity index (χ2n) is 9.65. The fraction of sp³-hybridized carbons (Fsp3) is 0.0645. The van der Waals surface area contributed by atoms with E-state index in [1.54, 1.807) is 6.20 Å². The van der Waals surface area contributed by atoms with Crippen LogP contribution in [0.3, 0.4) is 0 Å². The van der Waals surface area contributed by atoms with Crippen LogP contribution in [0.1, 0.15) is 22.3 Å². The van der Waals surface area contributed by atoms with Crippen molar-refractivity contribution in [1.29, 1.82) is 0 Å². The Labute approximate surface area is 200 Å². The summed E-state index contributed by atoms with van der Waals surface area (Å²) in [5.41, 5.74) is 14.8. The topological polar surface area (TPSA) is 43.1 Å². The summed E-state index contributed by atoms with van der Waals surface area (Å²) in [4.78, 5) is 14.4. The van der Waals surface area contributed by atoms with Crippen molar-refractivity contribution >= 4 is 38.6 Å². The molecule has 0 aliphatic heterocycles. The van der Waals surface area contributed by atoms with Gasteiger partial charge in [0.05, 0.1) is 5.52 Å². The average molecular weight is 447 g/mol. The Balaban J connectivity index is 1.47. The van der Waals surface area contributed by atoms with E-state index >= 15 is 0 Å². The molecule has 0 fully saturated rings. The third-order valence-electron chi connectivity index (χ3n) is 7.93. The SMILES string of the molecule is c1ccc2c(c1)Cc1ccc3c(c1-2)Cc1ccc2c(c1-3)c1cccnc1n1c3cccnc3nc21. The van der Waals surface area contributed by atoms with E-state index in [-0.39, 0.29) is 0 Å². The van der Waals surface area contributed by atoms with Crippen molar-refractivity contribution in [3.63, 3.8) is 0 Å². The van der Waals surface area contributed by atoms with Crippen molar-refractivity contribution in [2.45, 2.75) is 12.8 Å². The zero-order chi connectivity index (χ0) is 22.7. The number of hydrogen-bond donors (Lipinski definition) is 0. The third-order valence-corrected chi connectivity index (χ3v) is 7.93. The van der Waals surface area contributed by atoms with Crippen LogP contribution in [0.15, 0.2) is 85.2 Å². The predicted molar refractivity (Wildman–Crippen MR) is 140 cm³/mol. The highest BCUT2D eigenvalue weighted by Gasteiger charge is 2.30. The van der Waals surface area contributed by atoms with E-state index in [0.29, 0.717) is 0 Å². The van der Waals surface area contributed by atoms with Gasteiger partial charge in [-0.1, -0.05) is 48.5 Å². The minimum atomic E-state index is 0.752. The molecule has 4 nitrogen and oxygen atoms in total. The molecule has 4 aromatic heterocycles. The highest BCUT2D eigenvalue weighted by molar-refractivity contribution is 6.20. The fourth-order valence-electron chi connectivity index (χ4n) is 6.56. The van der Waals surface area contributed by atoms with Crippen LogP contribution in [0.5, 0.6) is 0 Å². The Kier molecular flexibility index (Phi) is 3.11. The number of rotatable bonds is 0. The lowest BCUT2D eigenvalue weighted by Gasteiger charge is -2.13. The van der Waals surface area contributed by atoms with Gasteiger partial charge in [-0.15, -0.1) is 0 Å². The van der Waals surface area contributed by atoms with E-state index in [2.05, 4.69) is 70.0 Å². The van der Waals surface area contributed by atoms with Crippen molar-refractivity contribution in [2.24, 2.45) is 0 Å². The van der Waals surface area contributed by atoms with Crippen LogP contribution in [-0.4, -0.2) is 19.4 Å². The van der Waals surface area contributed by atoms with Crippen molar-refractivity contribution in [3.05, 3.63) is 107 Å². The molecule has 0 N–H and O–H groups in total. The number of nitrogens with zero attached hydrogens (tertiary/aromatic N) is 4. The van der Waals surface area contributed by atoms with Gasteiger partial charge in [-0.05, 0) is 81.6 Å². The second-order valence-corrected chi connectivity index (χ2v) is 9.65. The first-order valence-corrected chi connectivity index (χ1v) is 12.1. The van der Waals surface area contributed by atoms with Crippen molar-refractivity contribution in [2.75, 3.05) is 0 Å². The Bertz CT molecular complexity index is 2070. The van der Waals surface area contributed by atoms with E-state index in [1.165, 1.54) is 49.9 Å². The molecule has 162 valence electrons. The van der Waals surface area contributed by atoms with Gasteiger partial charge in [0.15, 0.2) is 5.65 Å². The van der Waals surface area contributed by atoms with Gasteiger partial charge in [-0.25, -0.2) is 15.0 Å². The number of benzene rings is 3. The van der Waals surface area contributed by atoms with Gasteiger partial charge in [0.25, 0.3) is 0 Å². The molecule has 9 rings (SSSR count). The standard InChI is InChI=1S/C31H18N4/c1-2-6-20-17(5-1)15-18-9-11-21-24(26(18)20)16-19-10-12-23-28(27(19)21)22-7-3-14-33-30(22)35-25-8-4-13-32-29(25)34-31(23)35/h1-14H,15-16H2. The van der Waals surface area contributed by atoms with Crippen LogP contribution in [0.25, 0.3) is 60.9 Å². The molecular formula is C31H18N4. The molecule has 0 saturated heterocycles. The van der Waals surface area contributed by atoms with Crippen molar-refractivity contribution in [3.8, 4) is 22.3 Å². The molecule has 4 heterocycles. The highest BCUT2D eigenvalue weighted by Crippen LogP contribution is 2.50. The Morgan fingerprint density at radius 2 is 1.43 bits per heavy atom. The van der Waals surface area contributed by atoms with E-state index in [4.69, 9.17) is 9.97 Å². The molecule has 2 aliphatic rings. The van der Waals surface area contributed by atoms with E-state index in [1.807, 2.05) is 18.3 Å². The minimum absolute atomic E-state index is 0.752. The molecule has 35 heavy (non-hydrogen) atoms. The smallest absolute Gasteiger partial charge is 0.178 e. The van der Waals surface area contributed by atoms with Crippen LogP contribution in [0.4, 0.5) is 0 Å². The fourth-order valence-corrected chi connectivity index (χ4v) is 6.56. The monoisotopic (exact) mass is 446 g/mol. The quantitative estimate of drug-likeness (QED) is 0.243. The van der Waals surface area contributed by atoms with Gasteiger partial charge in [-0.3, -0.25) is 4.40 Å². The summed E-state index contributed by atoms with van der Waals surface area (Å²) in [7, 11) is 0. The average Bonchev–Trinajstić information content (AvgIpc) is 3.59. The third kappa shape index (κ3) is 2.11. The van der Waals surface area contributed by atoms with Gasteiger partial charge in [0.1, 0.15) is 11.3 Å². The lowest BCUT2D eigenvalue weighted by molar-refractivity contribution is 1.23. The first-order valence-electron chi connectivity index (χ1n) is 12.1. The number of fused-ring (bicyclic) bond motifs is 16. The van der Waals surface area contributed by atoms with Gasteiger partial charge >= 0.3 is 0 Å². The van der Waals surface area contributed by atoms with Gasteiger partial charge in [0, 0.05) is 28.6 Å². The van der Waals surface area contributed by atoms with Gasteiger partial charge < -0.3 is 0 Å². The molecule has 0 amide bonds. The first kappa shape index (κ1) is 17.8. The summed E-state index contributed by atoms with van der Waals surface area (Å²) >= 11 is 0. The summed E-state index contributed by atoms with van der Waals surface area (Å²) in [6.45, 7) is 0. The number of imidazole rings is 1. The molecule has 0 atom stereocenters. The van der Waals surface area contributed by atoms with E-state index in [9.17, 15) is 0 Å². The van der Waals surface area contributed by atoms with Crippen LogP contribution in [0, 0.1) is 0 Å².